The highest BCUT2D eigenvalue weighted by Gasteiger charge is 1.98. The second-order valence-corrected chi connectivity index (χ2v) is 4.91. The highest BCUT2D eigenvalue weighted by Crippen LogP contribution is 2.11. The van der Waals surface area contributed by atoms with Crippen molar-refractivity contribution in [2.45, 2.75) is 12.8 Å². The lowest BCUT2D eigenvalue weighted by Gasteiger charge is -2.08. The van der Waals surface area contributed by atoms with Gasteiger partial charge < -0.3 is 9.87 Å². The van der Waals surface area contributed by atoms with Crippen LogP contribution in [0.3, 0.4) is 0 Å². The molecular formula is C10H12BrN2O3S-. The molecule has 1 rings (SSSR count). The second-order valence-electron chi connectivity index (χ2n) is 3.32. The number of halogens is 1. The molecule has 1 aromatic carbocycles. The third kappa shape index (κ3) is 6.40. The smallest absolute Gasteiger partial charge is 0.325 e. The zero-order valence-electron chi connectivity index (χ0n) is 8.94. The Labute approximate surface area is 111 Å². The van der Waals surface area contributed by atoms with E-state index < -0.39 is 17.3 Å². The molecule has 0 fully saturated rings. The van der Waals surface area contributed by atoms with E-state index in [-0.39, 0.29) is 0 Å². The number of urea groups is 1. The van der Waals surface area contributed by atoms with Crippen LogP contribution in [0.2, 0.25) is 0 Å². The molecule has 0 aliphatic rings. The Bertz CT molecular complexity index is 397. The number of hydrogen-bond acceptors (Lipinski definition) is 3. The number of benzene rings is 1. The normalized spacial score (nSPS) is 11.9. The zero-order chi connectivity index (χ0) is 12.7. The van der Waals surface area contributed by atoms with Gasteiger partial charge in [-0.3, -0.25) is 8.93 Å². The Hall–Kier alpha value is -0.920. The van der Waals surface area contributed by atoms with Crippen molar-refractivity contribution in [1.82, 2.24) is 10.0 Å². The van der Waals surface area contributed by atoms with Crippen LogP contribution in [0, 0.1) is 0 Å². The summed E-state index contributed by atoms with van der Waals surface area (Å²) in [6.45, 7) is 0.430. The molecule has 0 aromatic heterocycles. The van der Waals surface area contributed by atoms with E-state index in [2.05, 4.69) is 21.2 Å². The van der Waals surface area contributed by atoms with E-state index in [0.717, 1.165) is 17.3 Å². The highest BCUT2D eigenvalue weighted by atomic mass is 79.9. The molecule has 0 spiro atoms. The molecule has 0 aliphatic heterocycles. The van der Waals surface area contributed by atoms with Crippen LogP contribution >= 0.6 is 15.9 Å². The summed E-state index contributed by atoms with van der Waals surface area (Å²) in [6.07, 6.45) is 1.58. The topological polar surface area (TPSA) is 81.3 Å². The van der Waals surface area contributed by atoms with Crippen LogP contribution in [0.5, 0.6) is 0 Å². The lowest BCUT2D eigenvalue weighted by atomic mass is 10.1. The fraction of sp³-hybridized carbons (Fsp3) is 0.300. The van der Waals surface area contributed by atoms with Gasteiger partial charge in [-0.2, -0.15) is 0 Å². The van der Waals surface area contributed by atoms with Crippen molar-refractivity contribution in [3.63, 3.8) is 0 Å². The molecule has 0 aliphatic carbocycles. The van der Waals surface area contributed by atoms with Crippen LogP contribution in [0.4, 0.5) is 4.79 Å². The number of carbonyl (C=O) groups is 1. The number of hydrogen-bond donors (Lipinski definition) is 2. The molecule has 0 saturated heterocycles. The second kappa shape index (κ2) is 7.41. The van der Waals surface area contributed by atoms with Crippen LogP contribution in [-0.4, -0.2) is 21.3 Å². The van der Waals surface area contributed by atoms with Gasteiger partial charge in [-0.05, 0) is 30.5 Å². The van der Waals surface area contributed by atoms with Crippen molar-refractivity contribution >= 4 is 33.2 Å². The molecule has 2 N–H and O–H groups in total. The quantitative estimate of drug-likeness (QED) is 0.637. The first-order valence-electron chi connectivity index (χ1n) is 4.96. The predicted molar refractivity (Wildman–Crippen MR) is 67.9 cm³/mol. The number of amides is 2. The molecule has 2 amide bonds. The average molecular weight is 320 g/mol. The molecule has 1 unspecified atom stereocenters. The van der Waals surface area contributed by atoms with E-state index in [4.69, 9.17) is 0 Å². The van der Waals surface area contributed by atoms with Gasteiger partial charge in [0.2, 0.25) is 0 Å². The van der Waals surface area contributed by atoms with Gasteiger partial charge in [0.1, 0.15) is 0 Å². The first-order valence-corrected chi connectivity index (χ1v) is 6.83. The van der Waals surface area contributed by atoms with E-state index in [1.165, 1.54) is 5.56 Å². The maximum absolute atomic E-state index is 10.9. The van der Waals surface area contributed by atoms with Gasteiger partial charge >= 0.3 is 6.03 Å². The van der Waals surface area contributed by atoms with Gasteiger partial charge in [-0.25, -0.2) is 4.79 Å². The van der Waals surface area contributed by atoms with Crippen molar-refractivity contribution in [2.75, 3.05) is 6.54 Å². The van der Waals surface area contributed by atoms with Gasteiger partial charge in [0, 0.05) is 22.3 Å². The van der Waals surface area contributed by atoms with Gasteiger partial charge in [-0.1, -0.05) is 28.1 Å². The molecule has 0 radical (unpaired) electrons. The van der Waals surface area contributed by atoms with Crippen molar-refractivity contribution in [2.24, 2.45) is 0 Å². The Morgan fingerprint density at radius 3 is 2.59 bits per heavy atom. The summed E-state index contributed by atoms with van der Waals surface area (Å²) in [7, 11) is 0. The molecule has 1 aromatic rings. The summed E-state index contributed by atoms with van der Waals surface area (Å²) in [5.74, 6) is 0. The summed E-state index contributed by atoms with van der Waals surface area (Å²) in [5, 5.41) is 2.44. The fourth-order valence-electron chi connectivity index (χ4n) is 1.26. The molecule has 0 saturated carbocycles. The van der Waals surface area contributed by atoms with Gasteiger partial charge in [-0.15, -0.1) is 0 Å². The third-order valence-electron chi connectivity index (χ3n) is 2.02. The Morgan fingerprint density at radius 1 is 1.35 bits per heavy atom. The van der Waals surface area contributed by atoms with E-state index >= 15 is 0 Å². The first kappa shape index (κ1) is 14.1. The van der Waals surface area contributed by atoms with Gasteiger partial charge in [0.05, 0.1) is 0 Å². The SMILES string of the molecule is O=C(NCCCc1ccc(Br)cc1)NS(=O)[O-]. The van der Waals surface area contributed by atoms with Crippen molar-refractivity contribution in [1.29, 1.82) is 0 Å². The minimum atomic E-state index is -2.56. The van der Waals surface area contributed by atoms with Crippen molar-refractivity contribution in [3.05, 3.63) is 34.3 Å². The Balaban J connectivity index is 2.18. The van der Waals surface area contributed by atoms with Crippen LogP contribution in [-0.2, 0) is 17.7 Å². The monoisotopic (exact) mass is 319 g/mol. The van der Waals surface area contributed by atoms with E-state index in [1.807, 2.05) is 24.3 Å². The van der Waals surface area contributed by atoms with Gasteiger partial charge in [0.15, 0.2) is 0 Å². The van der Waals surface area contributed by atoms with Crippen LogP contribution < -0.4 is 10.0 Å². The molecule has 5 nitrogen and oxygen atoms in total. The van der Waals surface area contributed by atoms with E-state index in [0.29, 0.717) is 6.54 Å². The molecule has 1 atom stereocenters. The Kier molecular flexibility index (Phi) is 6.17. The Morgan fingerprint density at radius 2 is 2.00 bits per heavy atom. The van der Waals surface area contributed by atoms with Crippen molar-refractivity contribution in [3.8, 4) is 0 Å². The van der Waals surface area contributed by atoms with E-state index in [1.54, 1.807) is 4.72 Å². The summed E-state index contributed by atoms with van der Waals surface area (Å²) in [4.78, 5) is 10.9. The summed E-state index contributed by atoms with van der Waals surface area (Å²) in [5.41, 5.74) is 1.17. The lowest BCUT2D eigenvalue weighted by Crippen LogP contribution is -2.36. The molecule has 0 heterocycles. The number of rotatable bonds is 5. The summed E-state index contributed by atoms with van der Waals surface area (Å²) in [6, 6.07) is 7.20. The number of carbonyl (C=O) groups excluding carboxylic acids is 1. The zero-order valence-corrected chi connectivity index (χ0v) is 11.3. The number of nitrogens with one attached hydrogen (secondary N) is 2. The molecular weight excluding hydrogens is 308 g/mol. The molecule has 7 heteroatoms. The molecule has 17 heavy (non-hydrogen) atoms. The van der Waals surface area contributed by atoms with Crippen LogP contribution in [0.15, 0.2) is 28.7 Å². The maximum atomic E-state index is 10.9. The van der Waals surface area contributed by atoms with Crippen LogP contribution in [0.25, 0.3) is 0 Å². The van der Waals surface area contributed by atoms with Crippen LogP contribution in [0.1, 0.15) is 12.0 Å². The highest BCUT2D eigenvalue weighted by molar-refractivity contribution is 9.10. The average Bonchev–Trinajstić information content (AvgIpc) is 2.26. The standard InChI is InChI=1S/C10H13BrN2O3S/c11-9-5-3-8(4-6-9)2-1-7-12-10(14)13-17(15)16/h3-6H,1-2,7H2,(H,15,16)(H2,12,13,14)/p-1. The minimum Gasteiger partial charge on any atom is -0.755 e. The predicted octanol–water partition coefficient (Wildman–Crippen LogP) is 1.47. The summed E-state index contributed by atoms with van der Waals surface area (Å²) >= 11 is 0.789. The lowest BCUT2D eigenvalue weighted by molar-refractivity contribution is 0.245. The fourth-order valence-corrected chi connectivity index (χ4v) is 1.75. The maximum Gasteiger partial charge on any atom is 0.325 e. The number of aryl methyl sites for hydroxylation is 1. The minimum absolute atomic E-state index is 0.430. The summed E-state index contributed by atoms with van der Waals surface area (Å²) < 4.78 is 23.0. The third-order valence-corrected chi connectivity index (χ3v) is 2.90. The van der Waals surface area contributed by atoms with Gasteiger partial charge in [0.25, 0.3) is 0 Å². The molecule has 94 valence electrons. The largest absolute Gasteiger partial charge is 0.755 e. The van der Waals surface area contributed by atoms with E-state index in [9.17, 15) is 13.6 Å². The first-order chi connectivity index (χ1) is 8.08. The molecule has 0 bridgehead atoms. The van der Waals surface area contributed by atoms with Crippen molar-refractivity contribution < 1.29 is 13.6 Å².